The molecule has 0 saturated carbocycles. The summed E-state index contributed by atoms with van der Waals surface area (Å²) in [5.41, 5.74) is 0.855. The molecular formula is C12H18N4O2. The summed E-state index contributed by atoms with van der Waals surface area (Å²) >= 11 is 0. The Labute approximate surface area is 106 Å². The quantitative estimate of drug-likeness (QED) is 0.806. The van der Waals surface area contributed by atoms with Crippen LogP contribution >= 0.6 is 0 Å². The Hall–Kier alpha value is -1.85. The van der Waals surface area contributed by atoms with Gasteiger partial charge in [-0.3, -0.25) is 9.59 Å². The molecule has 18 heavy (non-hydrogen) atoms. The largest absolute Gasteiger partial charge is 0.350 e. The van der Waals surface area contributed by atoms with Gasteiger partial charge in [-0.2, -0.15) is 0 Å². The molecule has 98 valence electrons. The molecule has 1 unspecified atom stereocenters. The maximum atomic E-state index is 11.9. The summed E-state index contributed by atoms with van der Waals surface area (Å²) in [4.78, 5) is 32.2. The van der Waals surface area contributed by atoms with Crippen LogP contribution in [0.15, 0.2) is 12.5 Å². The molecule has 1 saturated heterocycles. The molecule has 1 aliphatic heterocycles. The summed E-state index contributed by atoms with van der Waals surface area (Å²) in [7, 11) is 0. The van der Waals surface area contributed by atoms with Gasteiger partial charge in [0, 0.05) is 25.2 Å². The second kappa shape index (κ2) is 5.20. The van der Waals surface area contributed by atoms with Gasteiger partial charge < -0.3 is 15.2 Å². The molecule has 1 aromatic rings. The van der Waals surface area contributed by atoms with Crippen LogP contribution in [0.3, 0.4) is 0 Å². The topological polar surface area (TPSA) is 78.1 Å². The second-order valence-electron chi connectivity index (χ2n) is 4.84. The van der Waals surface area contributed by atoms with Crippen LogP contribution in [-0.2, 0) is 16.1 Å². The van der Waals surface area contributed by atoms with Gasteiger partial charge in [0.05, 0.1) is 24.5 Å². The molecule has 2 N–H and O–H groups in total. The molecule has 1 fully saturated rings. The number of amides is 2. The zero-order valence-corrected chi connectivity index (χ0v) is 10.6. The van der Waals surface area contributed by atoms with Crippen molar-refractivity contribution in [1.29, 1.82) is 0 Å². The molecular weight excluding hydrogens is 232 g/mol. The monoisotopic (exact) mass is 250 g/mol. The van der Waals surface area contributed by atoms with Crippen LogP contribution in [0, 0.1) is 5.92 Å². The lowest BCUT2D eigenvalue weighted by Gasteiger charge is -2.20. The molecule has 2 amide bonds. The van der Waals surface area contributed by atoms with Crippen molar-refractivity contribution in [2.75, 3.05) is 6.54 Å². The SMILES string of the molecule is CC(C)N1CC(C(=O)NCc2cnc[nH]2)CC1=O. The summed E-state index contributed by atoms with van der Waals surface area (Å²) in [6.07, 6.45) is 3.55. The predicted octanol–water partition coefficient (Wildman–Crippen LogP) is 0.283. The predicted molar refractivity (Wildman–Crippen MR) is 65.4 cm³/mol. The molecule has 1 aliphatic rings. The van der Waals surface area contributed by atoms with E-state index in [0.717, 1.165) is 5.69 Å². The molecule has 6 nitrogen and oxygen atoms in total. The molecule has 1 atom stereocenters. The number of carbonyl (C=O) groups is 2. The number of hydrogen-bond acceptors (Lipinski definition) is 3. The van der Waals surface area contributed by atoms with Gasteiger partial charge >= 0.3 is 0 Å². The molecule has 1 aromatic heterocycles. The lowest BCUT2D eigenvalue weighted by molar-refractivity contribution is -0.130. The van der Waals surface area contributed by atoms with Crippen molar-refractivity contribution in [3.05, 3.63) is 18.2 Å². The summed E-state index contributed by atoms with van der Waals surface area (Å²) in [5.74, 6) is -0.240. The average Bonchev–Trinajstić information content (AvgIpc) is 2.94. The van der Waals surface area contributed by atoms with Crippen molar-refractivity contribution in [3.63, 3.8) is 0 Å². The fraction of sp³-hybridized carbons (Fsp3) is 0.583. The number of nitrogens with one attached hydrogen (secondary N) is 2. The van der Waals surface area contributed by atoms with Gasteiger partial charge in [-0.05, 0) is 13.8 Å². The minimum absolute atomic E-state index is 0.0618. The van der Waals surface area contributed by atoms with Crippen LogP contribution in [0.1, 0.15) is 26.0 Å². The van der Waals surface area contributed by atoms with E-state index in [2.05, 4.69) is 15.3 Å². The van der Waals surface area contributed by atoms with Crippen molar-refractivity contribution < 1.29 is 9.59 Å². The van der Waals surface area contributed by atoms with E-state index in [1.54, 1.807) is 17.4 Å². The molecule has 2 heterocycles. The van der Waals surface area contributed by atoms with Gasteiger partial charge in [-0.25, -0.2) is 4.98 Å². The van der Waals surface area contributed by atoms with Gasteiger partial charge in [0.15, 0.2) is 0 Å². The molecule has 6 heteroatoms. The Morgan fingerprint density at radius 3 is 3.00 bits per heavy atom. The summed E-state index contributed by atoms with van der Waals surface area (Å²) < 4.78 is 0. The highest BCUT2D eigenvalue weighted by atomic mass is 16.2. The number of nitrogens with zero attached hydrogens (tertiary/aromatic N) is 2. The molecule has 0 aromatic carbocycles. The maximum absolute atomic E-state index is 11.9. The normalized spacial score (nSPS) is 19.6. The lowest BCUT2D eigenvalue weighted by Crippen LogP contribution is -2.35. The molecule has 2 rings (SSSR count). The van der Waals surface area contributed by atoms with Gasteiger partial charge in [-0.15, -0.1) is 0 Å². The Bertz CT molecular complexity index is 427. The minimum Gasteiger partial charge on any atom is -0.350 e. The van der Waals surface area contributed by atoms with Crippen molar-refractivity contribution in [2.45, 2.75) is 32.9 Å². The van der Waals surface area contributed by atoms with Crippen LogP contribution in [-0.4, -0.2) is 39.3 Å². The van der Waals surface area contributed by atoms with Crippen molar-refractivity contribution in [2.24, 2.45) is 5.92 Å². The van der Waals surface area contributed by atoms with E-state index < -0.39 is 0 Å². The second-order valence-corrected chi connectivity index (χ2v) is 4.84. The average molecular weight is 250 g/mol. The summed E-state index contributed by atoms with van der Waals surface area (Å²) in [6, 6.07) is 0.155. The van der Waals surface area contributed by atoms with Crippen molar-refractivity contribution in [3.8, 4) is 0 Å². The number of imidazole rings is 1. The number of rotatable bonds is 4. The van der Waals surface area contributed by atoms with Gasteiger partial charge in [0.1, 0.15) is 0 Å². The standard InChI is InChI=1S/C12H18N4O2/c1-8(2)16-6-9(3-11(16)17)12(18)14-5-10-4-13-7-15-10/h4,7-9H,3,5-6H2,1-2H3,(H,13,15)(H,14,18). The highest BCUT2D eigenvalue weighted by molar-refractivity contribution is 5.89. The number of carbonyl (C=O) groups excluding carboxylic acids is 2. The van der Waals surface area contributed by atoms with Crippen LogP contribution < -0.4 is 5.32 Å². The van der Waals surface area contributed by atoms with Gasteiger partial charge in [-0.1, -0.05) is 0 Å². The van der Waals surface area contributed by atoms with Crippen LogP contribution in [0.25, 0.3) is 0 Å². The number of aromatic amines is 1. The van der Waals surface area contributed by atoms with E-state index >= 15 is 0 Å². The van der Waals surface area contributed by atoms with Crippen LogP contribution in [0.4, 0.5) is 0 Å². The maximum Gasteiger partial charge on any atom is 0.225 e. The van der Waals surface area contributed by atoms with Crippen LogP contribution in [0.5, 0.6) is 0 Å². The van der Waals surface area contributed by atoms with E-state index in [0.29, 0.717) is 19.5 Å². The fourth-order valence-electron chi connectivity index (χ4n) is 2.11. The number of likely N-dealkylation sites (tertiary alicyclic amines) is 1. The summed E-state index contributed by atoms with van der Waals surface area (Å²) in [6.45, 7) is 4.86. The van der Waals surface area contributed by atoms with Gasteiger partial charge in [0.2, 0.25) is 11.8 Å². The fourth-order valence-corrected chi connectivity index (χ4v) is 2.11. The van der Waals surface area contributed by atoms with E-state index in [-0.39, 0.29) is 23.8 Å². The number of hydrogen-bond donors (Lipinski definition) is 2. The molecule has 0 aliphatic carbocycles. The summed E-state index contributed by atoms with van der Waals surface area (Å²) in [5, 5.41) is 2.82. The third-order valence-electron chi connectivity index (χ3n) is 3.16. The smallest absolute Gasteiger partial charge is 0.225 e. The van der Waals surface area contributed by atoms with E-state index in [1.165, 1.54) is 0 Å². The Morgan fingerprint density at radius 1 is 1.67 bits per heavy atom. The highest BCUT2D eigenvalue weighted by Gasteiger charge is 2.35. The van der Waals surface area contributed by atoms with E-state index in [1.807, 2.05) is 13.8 Å². The Morgan fingerprint density at radius 2 is 2.44 bits per heavy atom. The lowest BCUT2D eigenvalue weighted by atomic mass is 10.1. The first kappa shape index (κ1) is 12.6. The number of H-pyrrole nitrogens is 1. The van der Waals surface area contributed by atoms with Crippen molar-refractivity contribution in [1.82, 2.24) is 20.2 Å². The van der Waals surface area contributed by atoms with E-state index in [4.69, 9.17) is 0 Å². The Balaban J connectivity index is 1.85. The van der Waals surface area contributed by atoms with E-state index in [9.17, 15) is 9.59 Å². The first-order valence-corrected chi connectivity index (χ1v) is 6.12. The van der Waals surface area contributed by atoms with Crippen molar-refractivity contribution >= 4 is 11.8 Å². The minimum atomic E-state index is -0.233. The van der Waals surface area contributed by atoms with Gasteiger partial charge in [0.25, 0.3) is 0 Å². The third kappa shape index (κ3) is 2.69. The first-order chi connectivity index (χ1) is 8.58. The Kier molecular flexibility index (Phi) is 3.64. The zero-order valence-electron chi connectivity index (χ0n) is 10.6. The number of aromatic nitrogens is 2. The molecule has 0 spiro atoms. The first-order valence-electron chi connectivity index (χ1n) is 6.12. The third-order valence-corrected chi connectivity index (χ3v) is 3.16. The molecule has 0 radical (unpaired) electrons. The molecule has 0 bridgehead atoms. The van der Waals surface area contributed by atoms with Crippen LogP contribution in [0.2, 0.25) is 0 Å². The zero-order chi connectivity index (χ0) is 13.1. The highest BCUT2D eigenvalue weighted by Crippen LogP contribution is 2.20.